The summed E-state index contributed by atoms with van der Waals surface area (Å²) in [5, 5.41) is 4.84. The Balaban J connectivity index is 1.27. The first kappa shape index (κ1) is 42.5. The predicted molar refractivity (Wildman–Crippen MR) is 300 cm³/mol. The fraction of sp³-hybridized carbons (Fsp3) is 0.182. The Morgan fingerprint density at radius 2 is 0.943 bits per heavy atom. The Hall–Kier alpha value is -7.56. The van der Waals surface area contributed by atoms with E-state index in [0.29, 0.717) is 0 Å². The molecule has 0 fully saturated rings. The number of fused-ring (bicyclic) bond motifs is 10. The molecule has 2 aliphatic rings. The topological polar surface area (TPSA) is 21.3 Å². The molecule has 0 bridgehead atoms. The van der Waals surface area contributed by atoms with Gasteiger partial charge in [-0.05, 0) is 132 Å². The van der Waals surface area contributed by atoms with Crippen LogP contribution in [0.1, 0.15) is 79.0 Å². The van der Waals surface area contributed by atoms with Gasteiger partial charge in [0.1, 0.15) is 11.2 Å². The fourth-order valence-corrected chi connectivity index (χ4v) is 11.7. The Kier molecular flexibility index (Phi) is 9.10. The highest BCUT2D eigenvalue weighted by atomic mass is 16.3. The van der Waals surface area contributed by atoms with Gasteiger partial charge in [-0.15, -0.1) is 0 Å². The number of anilines is 3. The summed E-state index contributed by atoms with van der Waals surface area (Å²) in [5.74, 6) is 0. The summed E-state index contributed by atoms with van der Waals surface area (Å²) in [6.07, 6.45) is 0. The standard InChI is InChI=1S/C66H57BN2O/c1-64(2,3)44-29-30-55-50(33-44)52-36-46(66(7,8)9)37-54-63(52)68(55)57-31-43(40-21-13-10-14-22-40)32-58-61(57)67(54)53-39-60-51(47-27-19-20-28-59(47)70-60)38-56(53)69(58)62-48(41-23-15-11-16-24-41)34-45(65(4,5)6)35-49(62)42-25-17-12-18-26-42/h10-39H,1-9H3. The molecule has 9 aromatic carbocycles. The van der Waals surface area contributed by atoms with Crippen molar-refractivity contribution in [2.24, 2.45) is 0 Å². The number of hydrogen-bond donors (Lipinski definition) is 0. The lowest BCUT2D eigenvalue weighted by molar-refractivity contribution is 0.590. The maximum atomic E-state index is 6.89. The minimum absolute atomic E-state index is 0.0167. The van der Waals surface area contributed by atoms with Gasteiger partial charge in [0.2, 0.25) is 0 Å². The Morgan fingerprint density at radius 3 is 1.57 bits per heavy atom. The summed E-state index contributed by atoms with van der Waals surface area (Å²) < 4.78 is 9.52. The van der Waals surface area contributed by atoms with Gasteiger partial charge in [0.25, 0.3) is 6.71 Å². The van der Waals surface area contributed by atoms with E-state index >= 15 is 0 Å². The molecule has 340 valence electrons. The molecule has 0 atom stereocenters. The maximum Gasteiger partial charge on any atom is 0.252 e. The van der Waals surface area contributed by atoms with Crippen LogP contribution in [0, 0.1) is 0 Å². The first-order valence-electron chi connectivity index (χ1n) is 25.0. The highest BCUT2D eigenvalue weighted by Crippen LogP contribution is 2.52. The van der Waals surface area contributed by atoms with E-state index < -0.39 is 0 Å². The minimum atomic E-state index is -0.118. The van der Waals surface area contributed by atoms with Gasteiger partial charge in [-0.2, -0.15) is 0 Å². The summed E-state index contributed by atoms with van der Waals surface area (Å²) in [4.78, 5) is 2.66. The molecule has 0 N–H and O–H groups in total. The van der Waals surface area contributed by atoms with Crippen LogP contribution in [0.4, 0.5) is 17.1 Å². The molecule has 0 saturated carbocycles. The lowest BCUT2D eigenvalue weighted by atomic mass is 9.33. The summed E-state index contributed by atoms with van der Waals surface area (Å²) in [7, 11) is 0. The van der Waals surface area contributed by atoms with Gasteiger partial charge in [0.05, 0.1) is 11.2 Å². The number of para-hydroxylation sites is 1. The largest absolute Gasteiger partial charge is 0.456 e. The van der Waals surface area contributed by atoms with Crippen LogP contribution < -0.4 is 21.3 Å². The highest BCUT2D eigenvalue weighted by molar-refractivity contribution is 7.00. The van der Waals surface area contributed by atoms with E-state index in [-0.39, 0.29) is 23.0 Å². The molecule has 0 spiro atoms. The third-order valence-electron chi connectivity index (χ3n) is 15.4. The molecular weight excluding hydrogens is 848 g/mol. The fourth-order valence-electron chi connectivity index (χ4n) is 11.7. The molecule has 2 aromatic heterocycles. The molecule has 4 heteroatoms. The second kappa shape index (κ2) is 15.0. The van der Waals surface area contributed by atoms with Gasteiger partial charge in [-0.3, -0.25) is 0 Å². The molecular formula is C66H57BN2O. The Morgan fingerprint density at radius 1 is 0.386 bits per heavy atom. The second-order valence-electron chi connectivity index (χ2n) is 23.0. The third-order valence-corrected chi connectivity index (χ3v) is 15.4. The predicted octanol–water partition coefficient (Wildman–Crippen LogP) is 16.2. The normalized spacial score (nSPS) is 13.4. The number of rotatable bonds is 4. The molecule has 11 aromatic rings. The summed E-state index contributed by atoms with van der Waals surface area (Å²) in [5.41, 5.74) is 23.8. The van der Waals surface area contributed by atoms with E-state index in [1.807, 2.05) is 0 Å². The van der Waals surface area contributed by atoms with Crippen LogP contribution in [0.2, 0.25) is 0 Å². The zero-order valence-electron chi connectivity index (χ0n) is 41.7. The van der Waals surface area contributed by atoms with Crippen molar-refractivity contribution >= 4 is 83.9 Å². The van der Waals surface area contributed by atoms with Crippen LogP contribution in [0.3, 0.4) is 0 Å². The van der Waals surface area contributed by atoms with E-state index in [2.05, 4.69) is 254 Å². The molecule has 0 amide bonds. The minimum Gasteiger partial charge on any atom is -0.456 e. The molecule has 13 rings (SSSR count). The zero-order valence-corrected chi connectivity index (χ0v) is 41.7. The van der Waals surface area contributed by atoms with Gasteiger partial charge in [0.15, 0.2) is 0 Å². The number of aromatic nitrogens is 1. The van der Waals surface area contributed by atoms with Crippen molar-refractivity contribution in [3.63, 3.8) is 0 Å². The number of hydrogen-bond acceptors (Lipinski definition) is 2. The van der Waals surface area contributed by atoms with Gasteiger partial charge in [-0.1, -0.05) is 184 Å². The van der Waals surface area contributed by atoms with Gasteiger partial charge >= 0.3 is 0 Å². The van der Waals surface area contributed by atoms with Crippen molar-refractivity contribution < 1.29 is 4.42 Å². The lowest BCUT2D eigenvalue weighted by Gasteiger charge is -2.42. The van der Waals surface area contributed by atoms with Crippen LogP contribution in [-0.2, 0) is 16.2 Å². The number of furan rings is 1. The highest BCUT2D eigenvalue weighted by Gasteiger charge is 2.45. The van der Waals surface area contributed by atoms with Crippen LogP contribution >= 0.6 is 0 Å². The maximum absolute atomic E-state index is 6.89. The molecule has 0 radical (unpaired) electrons. The smallest absolute Gasteiger partial charge is 0.252 e. The van der Waals surface area contributed by atoms with Crippen molar-refractivity contribution in [1.29, 1.82) is 0 Å². The average molecular weight is 905 g/mol. The first-order valence-corrected chi connectivity index (χ1v) is 25.0. The van der Waals surface area contributed by atoms with Crippen molar-refractivity contribution in [2.75, 3.05) is 4.90 Å². The van der Waals surface area contributed by atoms with E-state index in [9.17, 15) is 0 Å². The van der Waals surface area contributed by atoms with E-state index in [1.165, 1.54) is 105 Å². The Bertz CT molecular complexity index is 3870. The van der Waals surface area contributed by atoms with Crippen LogP contribution in [-0.4, -0.2) is 11.3 Å². The average Bonchev–Trinajstić information content (AvgIpc) is 3.89. The molecule has 2 aliphatic heterocycles. The summed E-state index contributed by atoms with van der Waals surface area (Å²) in [6, 6.07) is 68.8. The van der Waals surface area contributed by atoms with E-state index in [1.54, 1.807) is 0 Å². The van der Waals surface area contributed by atoms with Crippen LogP contribution in [0.25, 0.3) is 82.8 Å². The van der Waals surface area contributed by atoms with Crippen molar-refractivity contribution in [3.05, 3.63) is 199 Å². The second-order valence-corrected chi connectivity index (χ2v) is 23.0. The summed E-state index contributed by atoms with van der Waals surface area (Å²) >= 11 is 0. The van der Waals surface area contributed by atoms with Crippen molar-refractivity contribution in [1.82, 2.24) is 4.57 Å². The molecule has 3 nitrogen and oxygen atoms in total. The van der Waals surface area contributed by atoms with Crippen LogP contribution in [0.15, 0.2) is 186 Å². The van der Waals surface area contributed by atoms with E-state index in [4.69, 9.17) is 4.42 Å². The molecule has 0 aliphatic carbocycles. The van der Waals surface area contributed by atoms with Crippen molar-refractivity contribution in [2.45, 2.75) is 78.6 Å². The molecule has 0 unspecified atom stereocenters. The number of benzene rings is 9. The van der Waals surface area contributed by atoms with Crippen molar-refractivity contribution in [3.8, 4) is 39.1 Å². The van der Waals surface area contributed by atoms with Gasteiger partial charge in [0, 0.05) is 55.3 Å². The Labute approximate surface area is 412 Å². The molecule has 70 heavy (non-hydrogen) atoms. The molecule has 4 heterocycles. The third kappa shape index (κ3) is 6.42. The van der Waals surface area contributed by atoms with Gasteiger partial charge < -0.3 is 13.9 Å². The molecule has 0 saturated heterocycles. The number of nitrogens with zero attached hydrogens (tertiary/aromatic N) is 2. The lowest BCUT2D eigenvalue weighted by Crippen LogP contribution is -2.60. The van der Waals surface area contributed by atoms with Crippen LogP contribution in [0.5, 0.6) is 0 Å². The van der Waals surface area contributed by atoms with E-state index in [0.717, 1.165) is 27.6 Å². The quantitative estimate of drug-likeness (QED) is 0.164. The monoisotopic (exact) mass is 904 g/mol. The van der Waals surface area contributed by atoms with Gasteiger partial charge in [-0.25, -0.2) is 0 Å². The summed E-state index contributed by atoms with van der Waals surface area (Å²) in [6.45, 7) is 21.0. The zero-order chi connectivity index (χ0) is 48.0. The first-order chi connectivity index (χ1) is 33.6. The SMILES string of the molecule is CC(C)(C)c1cc(-c2ccccc2)c(N2c3cc4c(cc3B3c5c2cc(-c2ccccc2)cc5-n2c5ccc(C(C)(C)C)cc5c5cc(C(C)(C)C)cc3c52)oc2ccccc24)c(-c2ccccc2)c1.